The van der Waals surface area contributed by atoms with Gasteiger partial charge in [0.05, 0.1) is 12.7 Å². The number of rotatable bonds is 8. The lowest BCUT2D eigenvalue weighted by Crippen LogP contribution is -2.42. The molecule has 8 heteroatoms. The molecule has 3 N–H and O–H groups in total. The number of nitrogens with one attached hydrogen (secondary N) is 2. The minimum absolute atomic E-state index is 0.0184. The van der Waals surface area contributed by atoms with Crippen molar-refractivity contribution >= 4 is 17.7 Å². The van der Waals surface area contributed by atoms with Crippen molar-refractivity contribution in [3.05, 3.63) is 42.5 Å². The van der Waals surface area contributed by atoms with Crippen molar-refractivity contribution in [1.29, 1.82) is 0 Å². The van der Waals surface area contributed by atoms with Gasteiger partial charge >= 0.3 is 12.1 Å². The van der Waals surface area contributed by atoms with E-state index < -0.39 is 18.1 Å². The van der Waals surface area contributed by atoms with E-state index in [0.717, 1.165) is 11.3 Å². The summed E-state index contributed by atoms with van der Waals surface area (Å²) in [6.07, 6.45) is 0.733. The Balaban J connectivity index is 2.64. The van der Waals surface area contributed by atoms with Crippen LogP contribution in [0, 0.1) is 0 Å². The van der Waals surface area contributed by atoms with Crippen LogP contribution in [-0.4, -0.2) is 36.9 Å². The molecule has 0 heterocycles. The number of carboxylic acids is 1. The second kappa shape index (κ2) is 9.11. The normalized spacial score (nSPS) is 11.7. The number of hydrogen-bond donors (Lipinski definition) is 3. The summed E-state index contributed by atoms with van der Waals surface area (Å²) in [5.41, 5.74) is 4.16. The van der Waals surface area contributed by atoms with Crippen LogP contribution < -0.4 is 10.7 Å². The van der Waals surface area contributed by atoms with Gasteiger partial charge in [0, 0.05) is 6.42 Å². The number of hydrogen-bond acceptors (Lipinski definition) is 5. The van der Waals surface area contributed by atoms with Crippen molar-refractivity contribution in [3.8, 4) is 0 Å². The van der Waals surface area contributed by atoms with Crippen LogP contribution in [0.2, 0.25) is 0 Å². The summed E-state index contributed by atoms with van der Waals surface area (Å²) in [6.45, 7) is 3.42. The van der Waals surface area contributed by atoms with Gasteiger partial charge in [-0.3, -0.25) is 5.43 Å². The largest absolute Gasteiger partial charge is 0.480 e. The Morgan fingerprint density at radius 2 is 2.09 bits per heavy atom. The number of ether oxygens (including phenoxy) is 1. The molecule has 0 aromatic heterocycles. The summed E-state index contributed by atoms with van der Waals surface area (Å²) in [7, 11) is 1.54. The van der Waals surface area contributed by atoms with E-state index in [4.69, 9.17) is 9.84 Å². The van der Waals surface area contributed by atoms with E-state index in [2.05, 4.69) is 27.7 Å². The van der Waals surface area contributed by atoms with Crippen LogP contribution in [0.4, 0.5) is 10.5 Å². The molecule has 118 valence electrons. The average molecular weight is 306 g/mol. The Morgan fingerprint density at radius 1 is 1.41 bits per heavy atom. The Morgan fingerprint density at radius 3 is 2.64 bits per heavy atom. The van der Waals surface area contributed by atoms with E-state index in [9.17, 15) is 9.59 Å². The zero-order valence-electron chi connectivity index (χ0n) is 12.2. The summed E-state index contributed by atoms with van der Waals surface area (Å²) in [6, 6.07) is 5.87. The van der Waals surface area contributed by atoms with Crippen molar-refractivity contribution in [2.45, 2.75) is 12.5 Å². The first-order valence-corrected chi connectivity index (χ1v) is 6.47. The highest BCUT2D eigenvalue weighted by atomic mass is 16.5. The molecule has 1 rings (SSSR count). The van der Waals surface area contributed by atoms with Crippen molar-refractivity contribution in [2.24, 2.45) is 10.3 Å². The molecule has 1 aromatic rings. The first-order valence-electron chi connectivity index (χ1n) is 6.47. The highest BCUT2D eigenvalue weighted by molar-refractivity contribution is 5.80. The lowest BCUT2D eigenvalue weighted by atomic mass is 10.1. The number of carbonyl (C=O) groups excluding carboxylic acids is 1. The molecule has 0 aliphatic heterocycles. The fourth-order valence-electron chi connectivity index (χ4n) is 1.58. The second-order valence-electron chi connectivity index (χ2n) is 4.24. The number of aliphatic carboxylic acids is 1. The molecular formula is C14H18N4O4. The Labute approximate surface area is 127 Å². The molecule has 1 amide bonds. The molecule has 0 saturated heterocycles. The molecule has 1 atom stereocenters. The number of benzene rings is 1. The Kier molecular flexibility index (Phi) is 7.10. The second-order valence-corrected chi connectivity index (χ2v) is 4.24. The minimum Gasteiger partial charge on any atom is -0.480 e. The maximum absolute atomic E-state index is 11.4. The van der Waals surface area contributed by atoms with Crippen LogP contribution in [0.3, 0.4) is 0 Å². The molecule has 0 fully saturated rings. The van der Waals surface area contributed by atoms with Crippen LogP contribution in [0.25, 0.3) is 0 Å². The first kappa shape index (κ1) is 17.2. The van der Waals surface area contributed by atoms with Gasteiger partial charge in [-0.05, 0) is 17.7 Å². The zero-order valence-corrected chi connectivity index (χ0v) is 12.2. The number of carboxylic acid groups (broad SMARTS) is 1. The maximum atomic E-state index is 11.4. The highest BCUT2D eigenvalue weighted by Crippen LogP contribution is 2.11. The van der Waals surface area contributed by atoms with Gasteiger partial charge in [0.1, 0.15) is 12.6 Å². The van der Waals surface area contributed by atoms with Gasteiger partial charge in [0.15, 0.2) is 0 Å². The van der Waals surface area contributed by atoms with Crippen molar-refractivity contribution in [1.82, 2.24) is 5.32 Å². The van der Waals surface area contributed by atoms with Gasteiger partial charge in [-0.1, -0.05) is 30.0 Å². The van der Waals surface area contributed by atoms with Gasteiger partial charge in [0.25, 0.3) is 0 Å². The van der Waals surface area contributed by atoms with Crippen LogP contribution >= 0.6 is 0 Å². The quantitative estimate of drug-likeness (QED) is 0.386. The van der Waals surface area contributed by atoms with E-state index in [1.165, 1.54) is 13.1 Å². The van der Waals surface area contributed by atoms with Crippen molar-refractivity contribution in [3.63, 3.8) is 0 Å². The number of anilines is 1. The average Bonchev–Trinajstić information content (AvgIpc) is 2.51. The smallest absolute Gasteiger partial charge is 0.408 e. The topological polar surface area (TPSA) is 112 Å². The van der Waals surface area contributed by atoms with Gasteiger partial charge in [-0.15, -0.1) is 0 Å². The van der Waals surface area contributed by atoms with Crippen LogP contribution in [0.1, 0.15) is 5.56 Å². The van der Waals surface area contributed by atoms with E-state index in [1.807, 2.05) is 0 Å². The van der Waals surface area contributed by atoms with Crippen LogP contribution in [0.15, 0.2) is 47.3 Å². The SMILES string of the molecule is C=CCOC(=O)N[C@@H](Cc1ccc(NN=NC)cc1)C(=O)O. The predicted octanol–water partition coefficient (Wildman–Crippen LogP) is 2.00. The van der Waals surface area contributed by atoms with E-state index >= 15 is 0 Å². The van der Waals surface area contributed by atoms with Crippen molar-refractivity contribution in [2.75, 3.05) is 19.1 Å². The minimum atomic E-state index is -1.14. The van der Waals surface area contributed by atoms with Gasteiger partial charge in [0.2, 0.25) is 0 Å². The monoisotopic (exact) mass is 306 g/mol. The molecule has 0 bridgehead atoms. The number of amides is 1. The Hall–Kier alpha value is -2.90. The highest BCUT2D eigenvalue weighted by Gasteiger charge is 2.20. The lowest BCUT2D eigenvalue weighted by molar-refractivity contribution is -0.139. The number of nitrogens with zero attached hydrogens (tertiary/aromatic N) is 2. The van der Waals surface area contributed by atoms with E-state index in [1.54, 1.807) is 24.3 Å². The molecular weight excluding hydrogens is 288 g/mol. The van der Waals surface area contributed by atoms with Gasteiger partial charge < -0.3 is 15.2 Å². The summed E-state index contributed by atoms with van der Waals surface area (Å²) < 4.78 is 4.71. The molecule has 0 aliphatic rings. The van der Waals surface area contributed by atoms with Crippen molar-refractivity contribution < 1.29 is 19.4 Å². The summed E-state index contributed by atoms with van der Waals surface area (Å²) in [4.78, 5) is 22.6. The van der Waals surface area contributed by atoms with Crippen LogP contribution in [-0.2, 0) is 16.0 Å². The van der Waals surface area contributed by atoms with E-state index in [0.29, 0.717) is 0 Å². The van der Waals surface area contributed by atoms with Gasteiger partial charge in [-0.25, -0.2) is 9.59 Å². The van der Waals surface area contributed by atoms with E-state index in [-0.39, 0.29) is 13.0 Å². The summed E-state index contributed by atoms with van der Waals surface area (Å²) in [5, 5.41) is 18.6. The fraction of sp³-hybridized carbons (Fsp3) is 0.286. The standard InChI is InChI=1S/C14H18N4O4/c1-3-8-22-14(21)16-12(13(19)20)9-10-4-6-11(7-5-10)17-18-15-2/h3-7,12H,1,8-9H2,2H3,(H,15,17)(H,16,21)(H,19,20)/t12-/m0/s1. The number of carbonyl (C=O) groups is 2. The molecule has 0 radical (unpaired) electrons. The predicted molar refractivity (Wildman–Crippen MR) is 80.7 cm³/mol. The molecule has 0 saturated carbocycles. The third-order valence-electron chi connectivity index (χ3n) is 2.60. The third-order valence-corrected chi connectivity index (χ3v) is 2.60. The lowest BCUT2D eigenvalue weighted by Gasteiger charge is -2.14. The first-order chi connectivity index (χ1) is 10.6. The molecule has 1 aromatic carbocycles. The molecule has 0 unspecified atom stereocenters. The Bertz CT molecular complexity index is 542. The molecule has 22 heavy (non-hydrogen) atoms. The van der Waals surface area contributed by atoms with Gasteiger partial charge in [-0.2, -0.15) is 5.11 Å². The molecule has 0 spiro atoms. The summed E-state index contributed by atoms with van der Waals surface area (Å²) in [5.74, 6) is -1.14. The fourth-order valence-corrected chi connectivity index (χ4v) is 1.58. The molecule has 0 aliphatic carbocycles. The molecule has 8 nitrogen and oxygen atoms in total. The maximum Gasteiger partial charge on any atom is 0.408 e. The third kappa shape index (κ3) is 6.04. The summed E-state index contributed by atoms with van der Waals surface area (Å²) >= 11 is 0. The van der Waals surface area contributed by atoms with Crippen LogP contribution in [0.5, 0.6) is 0 Å². The number of alkyl carbamates (subject to hydrolysis) is 1. The zero-order chi connectivity index (χ0) is 16.4.